The van der Waals surface area contributed by atoms with Gasteiger partial charge < -0.3 is 5.11 Å². The molecule has 1 saturated heterocycles. The molecule has 0 aromatic rings. The Kier molecular flexibility index (Phi) is 3.37. The molecule has 1 aliphatic rings. The molecule has 1 atom stereocenters. The van der Waals surface area contributed by atoms with Crippen LogP contribution < -0.4 is 0 Å². The van der Waals surface area contributed by atoms with Crippen molar-refractivity contribution in [1.82, 2.24) is 5.06 Å². The largest absolute Gasteiger partial charge is 0.389 e. The number of hydrogen-bond donors (Lipinski definition) is 1. The summed E-state index contributed by atoms with van der Waals surface area (Å²) >= 11 is 0. The predicted octanol–water partition coefficient (Wildman–Crippen LogP) is 0.00790. The maximum Gasteiger partial charge on any atom is 0.0958 e. The molecular weight excluding hydrogens is 142 g/mol. The van der Waals surface area contributed by atoms with E-state index in [0.29, 0.717) is 13.2 Å². The fourth-order valence-corrected chi connectivity index (χ4v) is 0.993. The molecule has 0 aromatic carbocycles. The van der Waals surface area contributed by atoms with Gasteiger partial charge in [-0.25, -0.2) is 0 Å². The van der Waals surface area contributed by atoms with Crippen molar-refractivity contribution in [3.05, 3.63) is 0 Å². The quantitative estimate of drug-likeness (QED) is 0.570. The van der Waals surface area contributed by atoms with Crippen molar-refractivity contribution in [1.29, 1.82) is 0 Å². The summed E-state index contributed by atoms with van der Waals surface area (Å²) in [6, 6.07) is 0. The molecule has 3 nitrogen and oxygen atoms in total. The van der Waals surface area contributed by atoms with Crippen LogP contribution in [0.3, 0.4) is 0 Å². The molecule has 0 spiro atoms. The van der Waals surface area contributed by atoms with Gasteiger partial charge in [-0.2, -0.15) is 5.06 Å². The Hall–Kier alpha value is -0.560. The van der Waals surface area contributed by atoms with E-state index in [0.717, 1.165) is 13.0 Å². The van der Waals surface area contributed by atoms with E-state index in [1.165, 1.54) is 0 Å². The Morgan fingerprint density at radius 1 is 1.73 bits per heavy atom. The summed E-state index contributed by atoms with van der Waals surface area (Å²) in [5.74, 6) is 5.74. The van der Waals surface area contributed by atoms with Crippen molar-refractivity contribution >= 4 is 0 Å². The summed E-state index contributed by atoms with van der Waals surface area (Å²) in [6.45, 7) is 3.66. The summed E-state index contributed by atoms with van der Waals surface area (Å²) in [5, 5.41) is 10.8. The van der Waals surface area contributed by atoms with Crippen LogP contribution in [0.1, 0.15) is 13.3 Å². The molecule has 0 bridgehead atoms. The Balaban J connectivity index is 2.11. The van der Waals surface area contributed by atoms with Gasteiger partial charge in [-0.05, 0) is 6.92 Å². The molecule has 0 radical (unpaired) electrons. The molecule has 0 aliphatic carbocycles. The number of β-amino-alcohol motifs (C(OH)–C–C–N with tert-alkyl or cyclic N) is 1. The zero-order chi connectivity index (χ0) is 8.10. The summed E-state index contributed by atoms with van der Waals surface area (Å²) < 4.78 is 0. The van der Waals surface area contributed by atoms with E-state index in [1.807, 2.05) is 6.92 Å². The summed E-state index contributed by atoms with van der Waals surface area (Å²) in [6.07, 6.45) is 0.494. The fraction of sp³-hybridized carbons (Fsp3) is 0.750. The van der Waals surface area contributed by atoms with Crippen molar-refractivity contribution in [3.8, 4) is 11.8 Å². The molecule has 1 rings (SSSR count). The monoisotopic (exact) mass is 155 g/mol. The van der Waals surface area contributed by atoms with Crippen LogP contribution in [0.2, 0.25) is 0 Å². The van der Waals surface area contributed by atoms with Crippen molar-refractivity contribution < 1.29 is 9.94 Å². The van der Waals surface area contributed by atoms with E-state index >= 15 is 0 Å². The lowest BCUT2D eigenvalue weighted by atomic mass is 10.4. The molecule has 1 N–H and O–H groups in total. The SMILES string of the molecule is CC#CCCN1CC(O)CO1. The zero-order valence-electron chi connectivity index (χ0n) is 6.71. The third kappa shape index (κ3) is 2.89. The first-order valence-electron chi connectivity index (χ1n) is 3.78. The van der Waals surface area contributed by atoms with Crippen LogP contribution in [-0.4, -0.2) is 36.0 Å². The fourth-order valence-electron chi connectivity index (χ4n) is 0.993. The molecule has 0 aromatic heterocycles. The molecule has 0 amide bonds. The lowest BCUT2D eigenvalue weighted by Crippen LogP contribution is -2.21. The number of hydroxylamine groups is 2. The van der Waals surface area contributed by atoms with E-state index in [4.69, 9.17) is 9.94 Å². The summed E-state index contributed by atoms with van der Waals surface area (Å²) in [7, 11) is 0. The third-order valence-electron chi connectivity index (χ3n) is 1.53. The topological polar surface area (TPSA) is 32.7 Å². The average Bonchev–Trinajstić information content (AvgIpc) is 2.37. The molecule has 1 unspecified atom stereocenters. The van der Waals surface area contributed by atoms with Crippen LogP contribution >= 0.6 is 0 Å². The van der Waals surface area contributed by atoms with Gasteiger partial charge in [-0.3, -0.25) is 4.84 Å². The van der Waals surface area contributed by atoms with Gasteiger partial charge in [0.2, 0.25) is 0 Å². The highest BCUT2D eigenvalue weighted by atomic mass is 16.7. The lowest BCUT2D eigenvalue weighted by molar-refractivity contribution is -0.108. The maximum atomic E-state index is 9.05. The van der Waals surface area contributed by atoms with Crippen molar-refractivity contribution in [2.75, 3.05) is 19.7 Å². The predicted molar refractivity (Wildman–Crippen MR) is 41.6 cm³/mol. The van der Waals surface area contributed by atoms with Gasteiger partial charge in [0.15, 0.2) is 0 Å². The van der Waals surface area contributed by atoms with Crippen molar-refractivity contribution in [2.45, 2.75) is 19.4 Å². The Morgan fingerprint density at radius 3 is 3.09 bits per heavy atom. The third-order valence-corrected chi connectivity index (χ3v) is 1.53. The highest BCUT2D eigenvalue weighted by Gasteiger charge is 2.19. The van der Waals surface area contributed by atoms with Crippen LogP contribution in [-0.2, 0) is 4.84 Å². The lowest BCUT2D eigenvalue weighted by Gasteiger charge is -2.10. The Bertz CT molecular complexity index is 171. The zero-order valence-corrected chi connectivity index (χ0v) is 6.71. The number of aliphatic hydroxyl groups is 1. The van der Waals surface area contributed by atoms with E-state index in [-0.39, 0.29) is 6.10 Å². The highest BCUT2D eigenvalue weighted by molar-refractivity contribution is 4.95. The molecule has 1 fully saturated rings. The first kappa shape index (κ1) is 8.54. The van der Waals surface area contributed by atoms with Gasteiger partial charge >= 0.3 is 0 Å². The van der Waals surface area contributed by atoms with Gasteiger partial charge in [-0.15, -0.1) is 11.8 Å². The van der Waals surface area contributed by atoms with Gasteiger partial charge in [-0.1, -0.05) is 0 Å². The number of aliphatic hydroxyl groups excluding tert-OH is 1. The minimum Gasteiger partial charge on any atom is -0.389 e. The van der Waals surface area contributed by atoms with Crippen LogP contribution in [0, 0.1) is 11.8 Å². The first-order chi connectivity index (χ1) is 5.33. The van der Waals surface area contributed by atoms with Crippen LogP contribution in [0.15, 0.2) is 0 Å². The molecule has 1 heterocycles. The van der Waals surface area contributed by atoms with Gasteiger partial charge in [0.05, 0.1) is 19.3 Å². The number of nitrogens with zero attached hydrogens (tertiary/aromatic N) is 1. The molecule has 1 aliphatic heterocycles. The Labute approximate surface area is 66.9 Å². The first-order valence-corrected chi connectivity index (χ1v) is 3.78. The van der Waals surface area contributed by atoms with E-state index in [9.17, 15) is 0 Å². The second kappa shape index (κ2) is 4.35. The summed E-state index contributed by atoms with van der Waals surface area (Å²) in [4.78, 5) is 5.13. The Morgan fingerprint density at radius 2 is 2.55 bits per heavy atom. The van der Waals surface area contributed by atoms with Crippen LogP contribution in [0.4, 0.5) is 0 Å². The van der Waals surface area contributed by atoms with Gasteiger partial charge in [0.1, 0.15) is 0 Å². The molecule has 0 saturated carbocycles. The van der Waals surface area contributed by atoms with Gasteiger partial charge in [0.25, 0.3) is 0 Å². The van der Waals surface area contributed by atoms with Gasteiger partial charge in [0, 0.05) is 13.0 Å². The maximum absolute atomic E-state index is 9.05. The smallest absolute Gasteiger partial charge is 0.0958 e. The van der Waals surface area contributed by atoms with E-state index < -0.39 is 0 Å². The second-order valence-electron chi connectivity index (χ2n) is 2.51. The second-order valence-corrected chi connectivity index (χ2v) is 2.51. The average molecular weight is 155 g/mol. The van der Waals surface area contributed by atoms with Crippen LogP contribution in [0.5, 0.6) is 0 Å². The standard InChI is InChI=1S/C8H13NO2/c1-2-3-4-5-9-6-8(10)7-11-9/h8,10H,4-7H2,1H3. The molecule has 3 heteroatoms. The molecular formula is C8H13NO2. The number of hydrogen-bond acceptors (Lipinski definition) is 3. The minimum absolute atomic E-state index is 0.315. The normalized spacial score (nSPS) is 24.7. The van der Waals surface area contributed by atoms with Crippen molar-refractivity contribution in [3.63, 3.8) is 0 Å². The van der Waals surface area contributed by atoms with Crippen LogP contribution in [0.25, 0.3) is 0 Å². The molecule has 62 valence electrons. The van der Waals surface area contributed by atoms with E-state index in [1.54, 1.807) is 5.06 Å². The minimum atomic E-state index is -0.315. The van der Waals surface area contributed by atoms with Crippen molar-refractivity contribution in [2.24, 2.45) is 0 Å². The summed E-state index contributed by atoms with van der Waals surface area (Å²) in [5.41, 5.74) is 0. The number of rotatable bonds is 2. The highest BCUT2D eigenvalue weighted by Crippen LogP contribution is 2.04. The molecule has 11 heavy (non-hydrogen) atoms. The van der Waals surface area contributed by atoms with E-state index in [2.05, 4.69) is 11.8 Å².